The van der Waals surface area contributed by atoms with Crippen LogP contribution in [-0.2, 0) is 19.1 Å². The van der Waals surface area contributed by atoms with Crippen molar-refractivity contribution < 1.29 is 23.9 Å². The van der Waals surface area contributed by atoms with Gasteiger partial charge >= 0.3 is 12.1 Å². The lowest BCUT2D eigenvalue weighted by atomic mass is 9.83. The van der Waals surface area contributed by atoms with E-state index in [4.69, 9.17) is 9.47 Å². The number of hydrogen-bond acceptors (Lipinski definition) is 5. The molecule has 2 atom stereocenters. The molecule has 0 radical (unpaired) electrons. The lowest BCUT2D eigenvalue weighted by Crippen LogP contribution is -2.53. The Morgan fingerprint density at radius 2 is 1.62 bits per heavy atom. The smallest absolute Gasteiger partial charge is 0.408 e. The number of ether oxygens (including phenoxy) is 2. The van der Waals surface area contributed by atoms with Gasteiger partial charge in [-0.05, 0) is 46.5 Å². The summed E-state index contributed by atoms with van der Waals surface area (Å²) in [6.07, 6.45) is 4.33. The number of methoxy groups -OCH3 is 1. The Balaban J connectivity index is 2.63. The molecule has 0 saturated heterocycles. The number of rotatable bonds is 5. The predicted molar refractivity (Wildman–Crippen MR) is 89.4 cm³/mol. The minimum atomic E-state index is -0.810. The lowest BCUT2D eigenvalue weighted by molar-refractivity contribution is -0.147. The fourth-order valence-electron chi connectivity index (χ4n) is 2.79. The molecule has 1 fully saturated rings. The third kappa shape index (κ3) is 6.76. The second-order valence-corrected chi connectivity index (χ2v) is 7.28. The summed E-state index contributed by atoms with van der Waals surface area (Å²) in [5.74, 6) is -0.801. The summed E-state index contributed by atoms with van der Waals surface area (Å²) in [5, 5.41) is 5.20. The topological polar surface area (TPSA) is 93.7 Å². The van der Waals surface area contributed by atoms with E-state index in [1.54, 1.807) is 27.7 Å². The van der Waals surface area contributed by atoms with E-state index in [9.17, 15) is 14.4 Å². The average molecular weight is 342 g/mol. The molecule has 1 unspecified atom stereocenters. The predicted octanol–water partition coefficient (Wildman–Crippen LogP) is 2.14. The molecule has 2 N–H and O–H groups in total. The third-order valence-electron chi connectivity index (χ3n) is 4.00. The molecule has 0 aromatic carbocycles. The zero-order chi connectivity index (χ0) is 18.3. The van der Waals surface area contributed by atoms with Gasteiger partial charge in [-0.3, -0.25) is 4.79 Å². The molecular formula is C17H30N2O5. The van der Waals surface area contributed by atoms with E-state index in [0.717, 1.165) is 32.1 Å². The van der Waals surface area contributed by atoms with E-state index in [1.807, 2.05) is 0 Å². The highest BCUT2D eigenvalue weighted by Crippen LogP contribution is 2.27. The molecule has 24 heavy (non-hydrogen) atoms. The highest BCUT2D eigenvalue weighted by atomic mass is 16.6. The Hall–Kier alpha value is -1.79. The van der Waals surface area contributed by atoms with Gasteiger partial charge in [0.05, 0.1) is 7.11 Å². The van der Waals surface area contributed by atoms with Gasteiger partial charge in [-0.15, -0.1) is 0 Å². The van der Waals surface area contributed by atoms with Gasteiger partial charge in [-0.2, -0.15) is 0 Å². The van der Waals surface area contributed by atoms with Crippen molar-refractivity contribution in [2.24, 2.45) is 5.92 Å². The summed E-state index contributed by atoms with van der Waals surface area (Å²) < 4.78 is 9.95. The highest BCUT2D eigenvalue weighted by Gasteiger charge is 2.33. The normalized spacial score (nSPS) is 18.2. The van der Waals surface area contributed by atoms with Crippen LogP contribution < -0.4 is 10.6 Å². The zero-order valence-electron chi connectivity index (χ0n) is 15.3. The third-order valence-corrected chi connectivity index (χ3v) is 4.00. The molecule has 7 heteroatoms. The fraction of sp³-hybridized carbons (Fsp3) is 0.824. The number of hydrogen-bond donors (Lipinski definition) is 2. The van der Waals surface area contributed by atoms with E-state index in [0.29, 0.717) is 0 Å². The van der Waals surface area contributed by atoms with Gasteiger partial charge in [0, 0.05) is 0 Å². The van der Waals surface area contributed by atoms with Crippen LogP contribution in [0.1, 0.15) is 59.8 Å². The monoisotopic (exact) mass is 342 g/mol. The Morgan fingerprint density at radius 1 is 1.04 bits per heavy atom. The number of alkyl carbamates (subject to hydrolysis) is 1. The van der Waals surface area contributed by atoms with Crippen LogP contribution in [0.3, 0.4) is 0 Å². The van der Waals surface area contributed by atoms with E-state index < -0.39 is 35.7 Å². The number of esters is 1. The second kappa shape index (κ2) is 8.89. The molecule has 2 amide bonds. The summed E-state index contributed by atoms with van der Waals surface area (Å²) in [6, 6.07) is -1.48. The number of nitrogens with one attached hydrogen (secondary N) is 2. The van der Waals surface area contributed by atoms with Crippen LogP contribution in [-0.4, -0.2) is 42.8 Å². The van der Waals surface area contributed by atoms with Gasteiger partial charge in [0.1, 0.15) is 17.7 Å². The van der Waals surface area contributed by atoms with Crippen LogP contribution in [0.25, 0.3) is 0 Å². The molecule has 0 aromatic rings. The van der Waals surface area contributed by atoms with Crippen LogP contribution >= 0.6 is 0 Å². The number of carbonyl (C=O) groups excluding carboxylic acids is 3. The van der Waals surface area contributed by atoms with Crippen molar-refractivity contribution in [1.29, 1.82) is 0 Å². The Kier molecular flexibility index (Phi) is 7.51. The van der Waals surface area contributed by atoms with Crippen molar-refractivity contribution in [2.75, 3.05) is 7.11 Å². The van der Waals surface area contributed by atoms with Crippen molar-refractivity contribution in [2.45, 2.75) is 77.5 Å². The van der Waals surface area contributed by atoms with Crippen LogP contribution in [0.2, 0.25) is 0 Å². The van der Waals surface area contributed by atoms with Crippen molar-refractivity contribution in [3.63, 3.8) is 0 Å². The molecule has 7 nitrogen and oxygen atoms in total. The first kappa shape index (κ1) is 20.3. The van der Waals surface area contributed by atoms with Gasteiger partial charge in [-0.1, -0.05) is 19.3 Å². The molecular weight excluding hydrogens is 312 g/mol. The summed E-state index contributed by atoms with van der Waals surface area (Å²) >= 11 is 0. The maximum absolute atomic E-state index is 12.3. The standard InChI is InChI=1S/C17H30N2O5/c1-11(18-16(22)24-17(2,3)4)14(20)19-13(15(21)23-5)12-9-7-6-8-10-12/h11-13H,6-10H2,1-5H3,(H,18,22)(H,19,20)/t11-,13?/m0/s1. The summed E-state index contributed by atoms with van der Waals surface area (Å²) in [5.41, 5.74) is -0.642. The maximum atomic E-state index is 12.3. The van der Waals surface area contributed by atoms with Gasteiger partial charge < -0.3 is 20.1 Å². The zero-order valence-corrected chi connectivity index (χ0v) is 15.3. The van der Waals surface area contributed by atoms with Crippen LogP contribution in [0.5, 0.6) is 0 Å². The Labute approximate surface area is 143 Å². The first-order valence-corrected chi connectivity index (χ1v) is 8.51. The van der Waals surface area contributed by atoms with E-state index in [1.165, 1.54) is 7.11 Å². The summed E-state index contributed by atoms with van der Waals surface area (Å²) in [4.78, 5) is 36.1. The molecule has 1 aliphatic rings. The van der Waals surface area contributed by atoms with Gasteiger partial charge in [0.15, 0.2) is 0 Å². The van der Waals surface area contributed by atoms with Crippen LogP contribution in [0.15, 0.2) is 0 Å². The van der Waals surface area contributed by atoms with E-state index in [-0.39, 0.29) is 5.92 Å². The first-order chi connectivity index (χ1) is 11.1. The molecule has 0 aliphatic heterocycles. The number of carbonyl (C=O) groups is 3. The van der Waals surface area contributed by atoms with Crippen LogP contribution in [0, 0.1) is 5.92 Å². The highest BCUT2D eigenvalue weighted by molar-refractivity contribution is 5.89. The minimum Gasteiger partial charge on any atom is -0.467 e. The van der Waals surface area contributed by atoms with Crippen molar-refractivity contribution >= 4 is 18.0 Å². The lowest BCUT2D eigenvalue weighted by Gasteiger charge is -2.30. The molecule has 1 rings (SSSR count). The van der Waals surface area contributed by atoms with Crippen molar-refractivity contribution in [1.82, 2.24) is 10.6 Å². The quantitative estimate of drug-likeness (QED) is 0.747. The molecule has 0 heterocycles. The number of amides is 2. The van der Waals surface area contributed by atoms with Crippen LogP contribution in [0.4, 0.5) is 4.79 Å². The Bertz CT molecular complexity index is 452. The van der Waals surface area contributed by atoms with E-state index >= 15 is 0 Å². The molecule has 138 valence electrons. The maximum Gasteiger partial charge on any atom is 0.408 e. The summed E-state index contributed by atoms with van der Waals surface area (Å²) in [6.45, 7) is 6.78. The SMILES string of the molecule is COC(=O)C(NC(=O)[C@H](C)NC(=O)OC(C)(C)C)C1CCCCC1. The molecule has 0 spiro atoms. The average Bonchev–Trinajstić information content (AvgIpc) is 2.50. The fourth-order valence-corrected chi connectivity index (χ4v) is 2.79. The molecule has 1 saturated carbocycles. The van der Waals surface area contributed by atoms with Gasteiger partial charge in [0.25, 0.3) is 0 Å². The second-order valence-electron chi connectivity index (χ2n) is 7.28. The van der Waals surface area contributed by atoms with Crippen molar-refractivity contribution in [3.8, 4) is 0 Å². The first-order valence-electron chi connectivity index (χ1n) is 8.51. The molecule has 1 aliphatic carbocycles. The largest absolute Gasteiger partial charge is 0.467 e. The summed E-state index contributed by atoms with van der Waals surface area (Å²) in [7, 11) is 1.31. The van der Waals surface area contributed by atoms with Gasteiger partial charge in [-0.25, -0.2) is 9.59 Å². The van der Waals surface area contributed by atoms with E-state index in [2.05, 4.69) is 10.6 Å². The van der Waals surface area contributed by atoms with Crippen molar-refractivity contribution in [3.05, 3.63) is 0 Å². The Morgan fingerprint density at radius 3 is 2.12 bits per heavy atom. The molecule has 0 bridgehead atoms. The molecule has 0 aromatic heterocycles. The minimum absolute atomic E-state index is 0.0730. The van der Waals surface area contributed by atoms with Gasteiger partial charge in [0.2, 0.25) is 5.91 Å².